The highest BCUT2D eigenvalue weighted by atomic mass is 32.1. The largest absolute Gasteiger partial charge is 0.382 e. The van der Waals surface area contributed by atoms with Gasteiger partial charge in [0.25, 0.3) is 5.91 Å². The normalized spacial score (nSPS) is 19.9. The molecule has 1 saturated heterocycles. The first kappa shape index (κ1) is 13.1. The van der Waals surface area contributed by atoms with Crippen LogP contribution in [0.2, 0.25) is 0 Å². The average molecular weight is 270 g/mol. The lowest BCUT2D eigenvalue weighted by atomic mass is 10.3. The number of rotatable bonds is 2. The van der Waals surface area contributed by atoms with Crippen molar-refractivity contribution in [1.82, 2.24) is 9.88 Å². The fourth-order valence-corrected chi connectivity index (χ4v) is 2.69. The number of ether oxygens (including phenoxy) is 1. The van der Waals surface area contributed by atoms with Gasteiger partial charge in [-0.1, -0.05) is 11.3 Å². The quantitative estimate of drug-likeness (QED) is 0.854. The minimum absolute atomic E-state index is 0.0479. The summed E-state index contributed by atoms with van der Waals surface area (Å²) in [4.78, 5) is 20.7. The van der Waals surface area contributed by atoms with Gasteiger partial charge in [-0.25, -0.2) is 4.98 Å². The van der Waals surface area contributed by atoms with Crippen LogP contribution in [0.25, 0.3) is 0 Å². The molecule has 2 N–H and O–H groups in total. The molecule has 0 aromatic carbocycles. The number of morpholine rings is 1. The van der Waals surface area contributed by atoms with Crippen molar-refractivity contribution >= 4 is 28.2 Å². The molecule has 100 valence electrons. The minimum Gasteiger partial charge on any atom is -0.382 e. The molecule has 1 aromatic heterocycles. The van der Waals surface area contributed by atoms with E-state index in [0.717, 1.165) is 5.13 Å². The molecule has 1 unspecified atom stereocenters. The van der Waals surface area contributed by atoms with Crippen LogP contribution in [0.4, 0.5) is 10.9 Å². The van der Waals surface area contributed by atoms with Gasteiger partial charge < -0.3 is 20.3 Å². The second-order valence-corrected chi connectivity index (χ2v) is 5.52. The molecule has 1 aromatic rings. The van der Waals surface area contributed by atoms with Gasteiger partial charge in [0, 0.05) is 27.2 Å². The van der Waals surface area contributed by atoms with Crippen molar-refractivity contribution < 1.29 is 9.53 Å². The topological polar surface area (TPSA) is 71.7 Å². The molecule has 0 bridgehead atoms. The molecule has 1 aliphatic heterocycles. The number of amides is 1. The van der Waals surface area contributed by atoms with Crippen LogP contribution in [0.15, 0.2) is 0 Å². The highest BCUT2D eigenvalue weighted by Crippen LogP contribution is 2.28. The van der Waals surface area contributed by atoms with Crippen molar-refractivity contribution in [2.45, 2.75) is 13.0 Å². The van der Waals surface area contributed by atoms with Gasteiger partial charge in [-0.3, -0.25) is 4.79 Å². The summed E-state index contributed by atoms with van der Waals surface area (Å²) in [5.74, 6) is 0.265. The summed E-state index contributed by atoms with van der Waals surface area (Å²) in [7, 11) is 3.76. The van der Waals surface area contributed by atoms with E-state index in [0.29, 0.717) is 30.4 Å². The van der Waals surface area contributed by atoms with Gasteiger partial charge in [-0.05, 0) is 6.92 Å². The molecule has 1 fully saturated rings. The van der Waals surface area contributed by atoms with Gasteiger partial charge in [0.1, 0.15) is 10.7 Å². The van der Waals surface area contributed by atoms with E-state index in [2.05, 4.69) is 4.98 Å². The zero-order chi connectivity index (χ0) is 13.3. The lowest BCUT2D eigenvalue weighted by Gasteiger charge is -2.30. The van der Waals surface area contributed by atoms with Gasteiger partial charge >= 0.3 is 0 Å². The van der Waals surface area contributed by atoms with E-state index in [1.807, 2.05) is 25.9 Å². The van der Waals surface area contributed by atoms with Crippen molar-refractivity contribution in [2.24, 2.45) is 0 Å². The standard InChI is InChI=1S/C11H18N4O2S/c1-7-6-15(4-5-17-7)10(16)8-9(12)13-11(18-8)14(2)3/h7H,4-6,12H2,1-3H3. The lowest BCUT2D eigenvalue weighted by molar-refractivity contribution is -0.0122. The van der Waals surface area contributed by atoms with Crippen molar-refractivity contribution in [2.75, 3.05) is 44.4 Å². The maximum Gasteiger partial charge on any atom is 0.268 e. The van der Waals surface area contributed by atoms with Gasteiger partial charge in [0.15, 0.2) is 5.13 Å². The molecular formula is C11H18N4O2S. The molecule has 0 spiro atoms. The molecule has 18 heavy (non-hydrogen) atoms. The summed E-state index contributed by atoms with van der Waals surface area (Å²) in [6.07, 6.45) is 0.0742. The van der Waals surface area contributed by atoms with Crippen LogP contribution in [0.5, 0.6) is 0 Å². The molecule has 2 heterocycles. The highest BCUT2D eigenvalue weighted by Gasteiger charge is 2.26. The summed E-state index contributed by atoms with van der Waals surface area (Å²) < 4.78 is 5.42. The highest BCUT2D eigenvalue weighted by molar-refractivity contribution is 7.18. The number of nitrogens with zero attached hydrogens (tertiary/aromatic N) is 3. The number of hydrogen-bond acceptors (Lipinski definition) is 6. The van der Waals surface area contributed by atoms with Crippen LogP contribution in [-0.4, -0.2) is 55.7 Å². The zero-order valence-electron chi connectivity index (χ0n) is 10.8. The number of thiazole rings is 1. The number of anilines is 2. The summed E-state index contributed by atoms with van der Waals surface area (Å²) in [5, 5.41) is 0.747. The van der Waals surface area contributed by atoms with E-state index in [1.54, 1.807) is 4.90 Å². The second-order valence-electron chi connectivity index (χ2n) is 4.54. The lowest BCUT2D eigenvalue weighted by Crippen LogP contribution is -2.44. The Morgan fingerprint density at radius 2 is 2.33 bits per heavy atom. The Hall–Kier alpha value is -1.34. The molecule has 1 aliphatic rings. The Kier molecular flexibility index (Phi) is 3.72. The molecule has 6 nitrogen and oxygen atoms in total. The van der Waals surface area contributed by atoms with Crippen molar-refractivity contribution in [1.29, 1.82) is 0 Å². The number of carbonyl (C=O) groups is 1. The van der Waals surface area contributed by atoms with Crippen molar-refractivity contribution in [3.05, 3.63) is 4.88 Å². The first-order valence-corrected chi connectivity index (χ1v) is 6.65. The fourth-order valence-electron chi connectivity index (χ4n) is 1.81. The van der Waals surface area contributed by atoms with Gasteiger partial charge in [0.2, 0.25) is 0 Å². The molecule has 1 atom stereocenters. The summed E-state index contributed by atoms with van der Waals surface area (Å²) in [6, 6.07) is 0. The van der Waals surface area contributed by atoms with E-state index in [-0.39, 0.29) is 12.0 Å². The van der Waals surface area contributed by atoms with Crippen LogP contribution in [0.3, 0.4) is 0 Å². The van der Waals surface area contributed by atoms with Crippen LogP contribution < -0.4 is 10.6 Å². The van der Waals surface area contributed by atoms with Gasteiger partial charge in [0.05, 0.1) is 12.7 Å². The predicted octanol–water partition coefficient (Wildman–Crippen LogP) is 0.652. The summed E-state index contributed by atoms with van der Waals surface area (Å²) in [6.45, 7) is 3.75. The Labute approximate surface area is 110 Å². The van der Waals surface area contributed by atoms with Gasteiger partial charge in [-0.15, -0.1) is 0 Å². The third-order valence-corrected chi connectivity index (χ3v) is 3.97. The predicted molar refractivity (Wildman–Crippen MR) is 72.2 cm³/mol. The van der Waals surface area contributed by atoms with Crippen LogP contribution >= 0.6 is 11.3 Å². The van der Waals surface area contributed by atoms with E-state index in [4.69, 9.17) is 10.5 Å². The number of nitrogens with two attached hydrogens (primary N) is 1. The monoisotopic (exact) mass is 270 g/mol. The Bertz CT molecular complexity index is 446. The molecule has 0 saturated carbocycles. The average Bonchev–Trinajstić information content (AvgIpc) is 2.70. The summed E-state index contributed by atoms with van der Waals surface area (Å²) >= 11 is 1.33. The Balaban J connectivity index is 2.17. The van der Waals surface area contributed by atoms with E-state index < -0.39 is 0 Å². The maximum absolute atomic E-state index is 12.3. The van der Waals surface area contributed by atoms with Gasteiger partial charge in [-0.2, -0.15) is 0 Å². The van der Waals surface area contributed by atoms with E-state index >= 15 is 0 Å². The van der Waals surface area contributed by atoms with E-state index in [9.17, 15) is 4.79 Å². The molecule has 7 heteroatoms. The second kappa shape index (κ2) is 5.11. The number of aromatic nitrogens is 1. The Morgan fingerprint density at radius 1 is 1.61 bits per heavy atom. The van der Waals surface area contributed by atoms with E-state index in [1.165, 1.54) is 11.3 Å². The molecule has 0 radical (unpaired) electrons. The molecular weight excluding hydrogens is 252 g/mol. The summed E-state index contributed by atoms with van der Waals surface area (Å²) in [5.41, 5.74) is 5.82. The third-order valence-electron chi connectivity index (χ3n) is 2.75. The SMILES string of the molecule is CC1CN(C(=O)c2sc(N(C)C)nc2N)CCO1. The van der Waals surface area contributed by atoms with Crippen molar-refractivity contribution in [3.63, 3.8) is 0 Å². The molecule has 2 rings (SSSR count). The molecule has 0 aliphatic carbocycles. The zero-order valence-corrected chi connectivity index (χ0v) is 11.7. The number of nitrogen functional groups attached to an aromatic ring is 1. The van der Waals surface area contributed by atoms with Crippen molar-refractivity contribution in [3.8, 4) is 0 Å². The van der Waals surface area contributed by atoms with Crippen LogP contribution in [0, 0.1) is 0 Å². The Morgan fingerprint density at radius 3 is 2.89 bits per heavy atom. The van der Waals surface area contributed by atoms with Crippen LogP contribution in [0.1, 0.15) is 16.6 Å². The fraction of sp³-hybridized carbons (Fsp3) is 0.636. The number of carbonyl (C=O) groups excluding carboxylic acids is 1. The third kappa shape index (κ3) is 2.56. The number of hydrogen-bond donors (Lipinski definition) is 1. The smallest absolute Gasteiger partial charge is 0.268 e. The maximum atomic E-state index is 12.3. The molecule has 1 amide bonds. The first-order chi connectivity index (χ1) is 8.49. The first-order valence-electron chi connectivity index (χ1n) is 5.83. The van der Waals surface area contributed by atoms with Crippen LogP contribution in [-0.2, 0) is 4.74 Å². The minimum atomic E-state index is -0.0479.